The minimum absolute atomic E-state index is 0. The Labute approximate surface area is 563 Å². The molecule has 0 aromatic heterocycles. The molecule has 0 saturated heterocycles. The molecular formula is C76H175N3O10. The van der Waals surface area contributed by atoms with Crippen molar-refractivity contribution in [3.8, 4) is 0 Å². The molecule has 0 amide bonds. The van der Waals surface area contributed by atoms with Crippen LogP contribution in [0.5, 0.6) is 0 Å². The van der Waals surface area contributed by atoms with Gasteiger partial charge >= 0.3 is 0 Å². The third-order valence-corrected chi connectivity index (χ3v) is 12.4. The number of hydrogen-bond donors (Lipinski definition) is 3. The van der Waals surface area contributed by atoms with Crippen LogP contribution in [0.1, 0.15) is 297 Å². The van der Waals surface area contributed by atoms with Crippen molar-refractivity contribution in [1.29, 1.82) is 0 Å². The van der Waals surface area contributed by atoms with E-state index in [1.54, 1.807) is 0 Å². The van der Waals surface area contributed by atoms with Crippen molar-refractivity contribution in [3.63, 3.8) is 0 Å². The summed E-state index contributed by atoms with van der Waals surface area (Å²) in [6.45, 7) is 77.5. The summed E-state index contributed by atoms with van der Waals surface area (Å²) in [7, 11) is 0. The van der Waals surface area contributed by atoms with Gasteiger partial charge in [-0.3, -0.25) is 0 Å². The minimum Gasteiger partial charge on any atom is -0.378 e. The lowest BCUT2D eigenvalue weighted by Crippen LogP contribution is -2.50. The highest BCUT2D eigenvalue weighted by Gasteiger charge is 2.35. The normalized spacial score (nSPS) is 12.2. The molecule has 554 valence electrons. The van der Waals surface area contributed by atoms with Crippen LogP contribution in [-0.2, 0) is 47.4 Å². The molecular weight excluding hydrogens is 1110 g/mol. The molecule has 13 heteroatoms. The van der Waals surface area contributed by atoms with Gasteiger partial charge in [-0.2, -0.15) is 0 Å². The molecule has 0 aliphatic rings. The van der Waals surface area contributed by atoms with Gasteiger partial charge in [-0.15, -0.1) is 0 Å². The first-order valence-electron chi connectivity index (χ1n) is 34.2. The van der Waals surface area contributed by atoms with Gasteiger partial charge in [-0.05, 0) is 200 Å². The SMILES string of the molecule is C.C.C.C.C.CC(C)CCC(CNC(C)C)CNC(C)C.CC(C)CCC(CNC(C)C)COC(C)C.CC(C)CCC(COC(C)C)COC(C)C.CC(C)OCC(COC(C)C)(COC(C)C)OC(C)C.CC(C)OCC(COC(C)C)COC(C)C. The summed E-state index contributed by atoms with van der Waals surface area (Å²) in [5.74, 6) is 4.68. The van der Waals surface area contributed by atoms with E-state index in [9.17, 15) is 0 Å². The first-order valence-corrected chi connectivity index (χ1v) is 34.2. The Kier molecular flexibility index (Phi) is 86.8. The van der Waals surface area contributed by atoms with E-state index in [0.717, 1.165) is 63.1 Å². The molecule has 89 heavy (non-hydrogen) atoms. The van der Waals surface area contributed by atoms with Crippen LogP contribution >= 0.6 is 0 Å². The van der Waals surface area contributed by atoms with Gasteiger partial charge in [0, 0.05) is 36.5 Å². The maximum absolute atomic E-state index is 6.11. The van der Waals surface area contributed by atoms with E-state index < -0.39 is 5.60 Å². The summed E-state index contributed by atoms with van der Waals surface area (Å²) in [5, 5.41) is 10.6. The zero-order valence-corrected chi connectivity index (χ0v) is 62.4. The highest BCUT2D eigenvalue weighted by Crippen LogP contribution is 2.20. The molecule has 0 heterocycles. The van der Waals surface area contributed by atoms with Crippen molar-refractivity contribution in [2.75, 3.05) is 79.1 Å². The maximum Gasteiger partial charge on any atom is 0.138 e. The fraction of sp³-hybridized carbons (Fsp3) is 1.00. The Bertz CT molecular complexity index is 1020. The molecule has 0 radical (unpaired) electrons. The molecule has 0 aromatic rings. The molecule has 0 saturated carbocycles. The zero-order chi connectivity index (χ0) is 66.0. The van der Waals surface area contributed by atoms with E-state index in [1.807, 2.05) is 96.9 Å². The number of ether oxygens (including phenoxy) is 10. The molecule has 0 aromatic carbocycles. The standard InChI is InChI=1S/C16H34O4.C14H32N2.C14H31NO.C14H30O2.C13H28O3.5CH4/c1-12(2)17-9-16(20-15(7)8,10-18-13(3)4)11-19-14(5)6;3*1-11(2)7-8-14(9-15-12(3)4)10-16-13(5)6;1-10(2)14-7-13(8-15-11(3)4)9-16-12(5)6;;;;;/h12-15H,9-11H2,1-8H3;11-16H,7-10H2,1-6H3;11-15H,7-10H2,1-6H3;11-14H,7-10H2,1-6H3;10-13H,7-9H2,1-6H3;5*1H4. The molecule has 0 spiro atoms. The maximum atomic E-state index is 6.11. The summed E-state index contributed by atoms with van der Waals surface area (Å²) < 4.78 is 57.4. The summed E-state index contributed by atoms with van der Waals surface area (Å²) in [4.78, 5) is 0. The van der Waals surface area contributed by atoms with E-state index in [1.165, 1.54) is 38.5 Å². The van der Waals surface area contributed by atoms with Crippen molar-refractivity contribution in [2.45, 2.75) is 382 Å². The highest BCUT2D eigenvalue weighted by atomic mass is 16.6. The lowest BCUT2D eigenvalue weighted by atomic mass is 9.97. The Morgan fingerprint density at radius 2 is 0.427 bits per heavy atom. The van der Waals surface area contributed by atoms with Gasteiger partial charge in [0.15, 0.2) is 0 Å². The first-order chi connectivity index (χ1) is 38.8. The molecule has 13 nitrogen and oxygen atoms in total. The van der Waals surface area contributed by atoms with E-state index in [0.29, 0.717) is 93.8 Å². The van der Waals surface area contributed by atoms with Crippen molar-refractivity contribution in [1.82, 2.24) is 16.0 Å². The molecule has 1 atom stereocenters. The fourth-order valence-corrected chi connectivity index (χ4v) is 7.45. The third kappa shape index (κ3) is 94.0. The van der Waals surface area contributed by atoms with E-state index in [2.05, 4.69) is 141 Å². The molecule has 0 aliphatic carbocycles. The average molecular weight is 1290 g/mol. The zero-order valence-electron chi connectivity index (χ0n) is 62.4. The third-order valence-electron chi connectivity index (χ3n) is 12.4. The lowest BCUT2D eigenvalue weighted by molar-refractivity contribution is -0.198. The molecule has 0 aliphatic heterocycles. The predicted octanol–water partition coefficient (Wildman–Crippen LogP) is 19.9. The Morgan fingerprint density at radius 3 is 0.640 bits per heavy atom. The van der Waals surface area contributed by atoms with Crippen molar-refractivity contribution in [2.24, 2.45) is 41.4 Å². The Balaban J connectivity index is -0.000000108. The first kappa shape index (κ1) is 110. The van der Waals surface area contributed by atoms with E-state index >= 15 is 0 Å². The molecule has 0 rings (SSSR count). The van der Waals surface area contributed by atoms with Crippen LogP contribution in [0.15, 0.2) is 0 Å². The number of hydrogen-bond acceptors (Lipinski definition) is 13. The predicted molar refractivity (Wildman–Crippen MR) is 398 cm³/mol. The second kappa shape index (κ2) is 70.3. The average Bonchev–Trinajstić information content (AvgIpc) is 3.35. The van der Waals surface area contributed by atoms with Gasteiger partial charge in [0.05, 0.1) is 121 Å². The van der Waals surface area contributed by atoms with Crippen molar-refractivity contribution < 1.29 is 47.4 Å². The highest BCUT2D eigenvalue weighted by molar-refractivity contribution is 4.83. The van der Waals surface area contributed by atoms with Crippen LogP contribution in [0.3, 0.4) is 0 Å². The minimum atomic E-state index is -0.549. The van der Waals surface area contributed by atoms with Gasteiger partial charge in [0.25, 0.3) is 0 Å². The van der Waals surface area contributed by atoms with Crippen LogP contribution in [0.2, 0.25) is 0 Å². The van der Waals surface area contributed by atoms with E-state index in [-0.39, 0.29) is 79.9 Å². The van der Waals surface area contributed by atoms with Gasteiger partial charge < -0.3 is 63.3 Å². The Hall–Kier alpha value is -0.520. The van der Waals surface area contributed by atoms with Gasteiger partial charge in [0.2, 0.25) is 0 Å². The van der Waals surface area contributed by atoms with Crippen LogP contribution in [0, 0.1) is 41.4 Å². The number of rotatable bonds is 47. The molecule has 1 unspecified atom stereocenters. The summed E-state index contributed by atoms with van der Waals surface area (Å²) in [6, 6.07) is 1.77. The Morgan fingerprint density at radius 1 is 0.225 bits per heavy atom. The van der Waals surface area contributed by atoms with Crippen molar-refractivity contribution >= 4 is 0 Å². The van der Waals surface area contributed by atoms with Crippen LogP contribution in [0.25, 0.3) is 0 Å². The quantitative estimate of drug-likeness (QED) is 0.0535. The largest absolute Gasteiger partial charge is 0.378 e. The lowest BCUT2D eigenvalue weighted by Gasteiger charge is -2.36. The van der Waals surface area contributed by atoms with Gasteiger partial charge in [-0.25, -0.2) is 0 Å². The molecule has 0 bridgehead atoms. The van der Waals surface area contributed by atoms with Gasteiger partial charge in [0.1, 0.15) is 5.60 Å². The molecule has 3 N–H and O–H groups in total. The second-order valence-electron chi connectivity index (χ2n) is 28.8. The van der Waals surface area contributed by atoms with Crippen LogP contribution in [0.4, 0.5) is 0 Å². The second-order valence-corrected chi connectivity index (χ2v) is 28.8. The topological polar surface area (TPSA) is 128 Å². The van der Waals surface area contributed by atoms with Crippen molar-refractivity contribution in [3.05, 3.63) is 0 Å². The van der Waals surface area contributed by atoms with Crippen LogP contribution < -0.4 is 16.0 Å². The van der Waals surface area contributed by atoms with Crippen LogP contribution in [-0.4, -0.2) is 164 Å². The summed E-state index contributed by atoms with van der Waals surface area (Å²) >= 11 is 0. The van der Waals surface area contributed by atoms with Gasteiger partial charge in [-0.1, -0.05) is 139 Å². The fourth-order valence-electron chi connectivity index (χ4n) is 7.45. The summed E-state index contributed by atoms with van der Waals surface area (Å²) in [6.07, 6.45) is 10.0. The smallest absolute Gasteiger partial charge is 0.138 e. The van der Waals surface area contributed by atoms with E-state index in [4.69, 9.17) is 47.4 Å². The monoisotopic (exact) mass is 1290 g/mol. The molecule has 0 fully saturated rings. The summed E-state index contributed by atoms with van der Waals surface area (Å²) in [5.41, 5.74) is -0.549. The number of nitrogens with one attached hydrogen (secondary N) is 3.